The number of ketones is 1. The van der Waals surface area contributed by atoms with Crippen molar-refractivity contribution in [3.63, 3.8) is 0 Å². The Kier molecular flexibility index (Phi) is 4.97. The van der Waals surface area contributed by atoms with E-state index in [0.717, 1.165) is 25.1 Å². The maximum absolute atomic E-state index is 10.7. The lowest BCUT2D eigenvalue weighted by Gasteiger charge is -1.98. The molecular weight excluding hydrogens is 194 g/mol. The van der Waals surface area contributed by atoms with Crippen LogP contribution < -0.4 is 0 Å². The highest BCUT2D eigenvalue weighted by atomic mass is 16.3. The number of aliphatic hydroxyl groups is 1. The van der Waals surface area contributed by atoms with Crippen molar-refractivity contribution in [2.24, 2.45) is 0 Å². The van der Waals surface area contributed by atoms with Gasteiger partial charge < -0.3 is 9.90 Å². The average molecular weight is 211 g/mol. The molecule has 0 amide bonds. The monoisotopic (exact) mass is 211 g/mol. The van der Waals surface area contributed by atoms with Gasteiger partial charge in [0.15, 0.2) is 0 Å². The molecule has 0 unspecified atom stereocenters. The zero-order valence-electron chi connectivity index (χ0n) is 9.02. The predicted molar refractivity (Wildman–Crippen MR) is 55.3 cm³/mol. The topological polar surface area (TPSA) is 68.0 Å². The second kappa shape index (κ2) is 6.29. The summed E-state index contributed by atoms with van der Waals surface area (Å²) in [6.45, 7) is 2.49. The lowest BCUT2D eigenvalue weighted by atomic mass is 10.2. The van der Waals surface area contributed by atoms with Gasteiger partial charge in [0, 0.05) is 32.2 Å². The Hall–Kier alpha value is -1.23. The SMILES string of the molecule is CC(=O)CCCCn1cc(CCO)nn1. The van der Waals surface area contributed by atoms with Crippen molar-refractivity contribution in [2.75, 3.05) is 6.61 Å². The van der Waals surface area contributed by atoms with Gasteiger partial charge in [0.25, 0.3) is 0 Å². The zero-order chi connectivity index (χ0) is 11.1. The summed E-state index contributed by atoms with van der Waals surface area (Å²) in [6, 6.07) is 0. The fraction of sp³-hybridized carbons (Fsp3) is 0.700. The van der Waals surface area contributed by atoms with E-state index in [0.29, 0.717) is 12.8 Å². The van der Waals surface area contributed by atoms with Gasteiger partial charge in [0.05, 0.1) is 5.69 Å². The molecule has 0 saturated heterocycles. The Morgan fingerprint density at radius 1 is 1.53 bits per heavy atom. The highest BCUT2D eigenvalue weighted by Gasteiger charge is 2.00. The largest absolute Gasteiger partial charge is 0.396 e. The first-order valence-electron chi connectivity index (χ1n) is 5.21. The van der Waals surface area contributed by atoms with Gasteiger partial charge in [-0.15, -0.1) is 5.10 Å². The zero-order valence-corrected chi connectivity index (χ0v) is 9.02. The molecule has 0 aliphatic heterocycles. The minimum atomic E-state index is 0.100. The number of hydrogen-bond acceptors (Lipinski definition) is 4. The number of unbranched alkanes of at least 4 members (excludes halogenated alkanes) is 1. The minimum absolute atomic E-state index is 0.100. The number of aliphatic hydroxyl groups excluding tert-OH is 1. The first kappa shape index (κ1) is 11.8. The summed E-state index contributed by atoms with van der Waals surface area (Å²) in [7, 11) is 0. The molecule has 1 heterocycles. The third-order valence-electron chi connectivity index (χ3n) is 2.12. The van der Waals surface area contributed by atoms with Crippen LogP contribution in [0.2, 0.25) is 0 Å². The molecule has 1 aromatic heterocycles. The molecule has 5 heteroatoms. The Balaban J connectivity index is 2.22. The number of Topliss-reactive ketones (excluding diaryl/α,β-unsaturated/α-hetero) is 1. The standard InChI is InChI=1S/C10H17N3O2/c1-9(15)4-2-3-6-13-8-10(5-7-14)11-12-13/h8,14H,2-7H2,1H3. The number of carbonyl (C=O) groups is 1. The quantitative estimate of drug-likeness (QED) is 0.669. The highest BCUT2D eigenvalue weighted by Crippen LogP contribution is 2.00. The van der Waals surface area contributed by atoms with E-state index in [1.165, 1.54) is 0 Å². The fourth-order valence-corrected chi connectivity index (χ4v) is 1.32. The summed E-state index contributed by atoms with van der Waals surface area (Å²) in [5.41, 5.74) is 0.809. The van der Waals surface area contributed by atoms with Gasteiger partial charge >= 0.3 is 0 Å². The Labute approximate surface area is 89.1 Å². The molecule has 0 fully saturated rings. The summed E-state index contributed by atoms with van der Waals surface area (Å²) in [6.07, 6.45) is 4.85. The molecule has 1 aromatic rings. The Morgan fingerprint density at radius 2 is 2.33 bits per heavy atom. The highest BCUT2D eigenvalue weighted by molar-refractivity contribution is 5.75. The van der Waals surface area contributed by atoms with Gasteiger partial charge in [0.2, 0.25) is 0 Å². The van der Waals surface area contributed by atoms with Crippen molar-refractivity contribution in [1.82, 2.24) is 15.0 Å². The van der Waals surface area contributed by atoms with Gasteiger partial charge in [-0.2, -0.15) is 0 Å². The Bertz CT molecular complexity index is 309. The number of carbonyl (C=O) groups excluding carboxylic acids is 1. The summed E-state index contributed by atoms with van der Waals surface area (Å²) in [4.78, 5) is 10.7. The molecule has 0 saturated carbocycles. The third kappa shape index (κ3) is 4.69. The van der Waals surface area contributed by atoms with Crippen LogP contribution in [0.15, 0.2) is 6.20 Å². The molecule has 0 radical (unpaired) electrons. The normalized spacial score (nSPS) is 10.5. The smallest absolute Gasteiger partial charge is 0.129 e. The van der Waals surface area contributed by atoms with Crippen molar-refractivity contribution in [3.8, 4) is 0 Å². The number of aromatic nitrogens is 3. The van der Waals surface area contributed by atoms with Crippen LogP contribution in [0.3, 0.4) is 0 Å². The number of aryl methyl sites for hydroxylation is 1. The average Bonchev–Trinajstić information content (AvgIpc) is 2.61. The first-order valence-corrected chi connectivity index (χ1v) is 5.21. The molecule has 0 aromatic carbocycles. The van der Waals surface area contributed by atoms with Crippen LogP contribution in [0.4, 0.5) is 0 Å². The van der Waals surface area contributed by atoms with Gasteiger partial charge in [-0.05, 0) is 19.8 Å². The van der Waals surface area contributed by atoms with Gasteiger partial charge in [-0.25, -0.2) is 0 Å². The molecule has 0 spiro atoms. The van der Waals surface area contributed by atoms with Crippen molar-refractivity contribution in [1.29, 1.82) is 0 Å². The maximum atomic E-state index is 10.7. The second-order valence-corrected chi connectivity index (χ2v) is 3.61. The molecular formula is C10H17N3O2. The van der Waals surface area contributed by atoms with Crippen molar-refractivity contribution in [3.05, 3.63) is 11.9 Å². The molecule has 0 aliphatic carbocycles. The van der Waals surface area contributed by atoms with Crippen LogP contribution in [0, 0.1) is 0 Å². The van der Waals surface area contributed by atoms with Crippen molar-refractivity contribution >= 4 is 5.78 Å². The van der Waals surface area contributed by atoms with Crippen molar-refractivity contribution < 1.29 is 9.90 Å². The van der Waals surface area contributed by atoms with Crippen LogP contribution >= 0.6 is 0 Å². The van der Waals surface area contributed by atoms with E-state index in [2.05, 4.69) is 10.3 Å². The van der Waals surface area contributed by atoms with Crippen LogP contribution in [0.5, 0.6) is 0 Å². The predicted octanol–water partition coefficient (Wildman–Crippen LogP) is 0.572. The second-order valence-electron chi connectivity index (χ2n) is 3.61. The number of hydrogen-bond donors (Lipinski definition) is 1. The van der Waals surface area contributed by atoms with Crippen LogP contribution in [0.1, 0.15) is 31.9 Å². The van der Waals surface area contributed by atoms with E-state index < -0.39 is 0 Å². The molecule has 84 valence electrons. The van der Waals surface area contributed by atoms with E-state index in [1.54, 1.807) is 11.6 Å². The number of rotatable bonds is 7. The van der Waals surface area contributed by atoms with E-state index in [1.807, 2.05) is 6.20 Å². The van der Waals surface area contributed by atoms with Crippen LogP contribution in [-0.2, 0) is 17.8 Å². The summed E-state index contributed by atoms with van der Waals surface area (Å²) >= 11 is 0. The summed E-state index contributed by atoms with van der Waals surface area (Å²) in [5.74, 6) is 0.231. The molecule has 0 bridgehead atoms. The van der Waals surface area contributed by atoms with E-state index in [-0.39, 0.29) is 12.4 Å². The molecule has 15 heavy (non-hydrogen) atoms. The van der Waals surface area contributed by atoms with E-state index in [4.69, 9.17) is 5.11 Å². The first-order chi connectivity index (χ1) is 7.22. The fourth-order valence-electron chi connectivity index (χ4n) is 1.32. The molecule has 1 N–H and O–H groups in total. The minimum Gasteiger partial charge on any atom is -0.396 e. The summed E-state index contributed by atoms with van der Waals surface area (Å²) < 4.78 is 1.76. The van der Waals surface area contributed by atoms with Crippen LogP contribution in [0.25, 0.3) is 0 Å². The molecule has 1 rings (SSSR count). The molecule has 5 nitrogen and oxygen atoms in total. The van der Waals surface area contributed by atoms with Crippen LogP contribution in [-0.4, -0.2) is 32.5 Å². The van der Waals surface area contributed by atoms with Crippen molar-refractivity contribution in [2.45, 2.75) is 39.2 Å². The number of nitrogens with zero attached hydrogens (tertiary/aromatic N) is 3. The third-order valence-corrected chi connectivity index (χ3v) is 2.12. The van der Waals surface area contributed by atoms with Gasteiger partial charge in [-0.1, -0.05) is 5.21 Å². The van der Waals surface area contributed by atoms with Gasteiger partial charge in [0.1, 0.15) is 5.78 Å². The van der Waals surface area contributed by atoms with Gasteiger partial charge in [-0.3, -0.25) is 4.68 Å². The molecule has 0 aliphatic rings. The maximum Gasteiger partial charge on any atom is 0.129 e. The van der Waals surface area contributed by atoms with E-state index >= 15 is 0 Å². The summed E-state index contributed by atoms with van der Waals surface area (Å²) in [5, 5.41) is 16.5. The molecule has 0 atom stereocenters. The Morgan fingerprint density at radius 3 is 3.00 bits per heavy atom. The lowest BCUT2D eigenvalue weighted by Crippen LogP contribution is -2.00. The lowest BCUT2D eigenvalue weighted by molar-refractivity contribution is -0.117. The van der Waals surface area contributed by atoms with E-state index in [9.17, 15) is 4.79 Å².